The van der Waals surface area contributed by atoms with Crippen molar-refractivity contribution < 1.29 is 9.53 Å². The number of allylic oxidation sites excluding steroid dienone is 1. The molecule has 0 amide bonds. The van der Waals surface area contributed by atoms with Gasteiger partial charge in [-0.15, -0.1) is 0 Å². The lowest BCUT2D eigenvalue weighted by molar-refractivity contribution is -0.136. The quantitative estimate of drug-likeness (QED) is 0.380. The minimum absolute atomic E-state index is 0.361. The first-order chi connectivity index (χ1) is 10.0. The number of hydrogen-bond acceptors (Lipinski definition) is 4. The molecular weight excluding hydrogens is 308 g/mol. The Balaban J connectivity index is 2.73. The van der Waals surface area contributed by atoms with Crippen molar-refractivity contribution in [2.75, 3.05) is 7.11 Å². The maximum Gasteiger partial charge on any atom is 0.336 e. The number of methoxy groups -OCH3 is 1. The van der Waals surface area contributed by atoms with E-state index in [0.717, 1.165) is 0 Å². The molecule has 2 rings (SSSR count). The van der Waals surface area contributed by atoms with Crippen LogP contribution in [0.3, 0.4) is 0 Å². The van der Waals surface area contributed by atoms with Gasteiger partial charge in [0.1, 0.15) is 4.99 Å². The molecule has 6 heteroatoms. The highest BCUT2D eigenvalue weighted by Crippen LogP contribution is 2.39. The van der Waals surface area contributed by atoms with E-state index < -0.39 is 11.9 Å². The molecule has 2 N–H and O–H groups in total. The first-order valence-electron chi connectivity index (χ1n) is 6.15. The summed E-state index contributed by atoms with van der Waals surface area (Å²) in [5.41, 5.74) is 2.06. The largest absolute Gasteiger partial charge is 0.466 e. The third-order valence-corrected chi connectivity index (χ3v) is 3.95. The summed E-state index contributed by atoms with van der Waals surface area (Å²) in [6.07, 6.45) is 0. The number of esters is 1. The molecule has 4 nitrogen and oxygen atoms in total. The third kappa shape index (κ3) is 2.76. The molecule has 0 bridgehead atoms. The first kappa shape index (κ1) is 15.4. The van der Waals surface area contributed by atoms with E-state index in [4.69, 9.17) is 34.0 Å². The second kappa shape index (κ2) is 6.22. The average Bonchev–Trinajstić information content (AvgIpc) is 2.46. The van der Waals surface area contributed by atoms with Crippen LogP contribution in [0.1, 0.15) is 18.4 Å². The maximum atomic E-state index is 12.1. The van der Waals surface area contributed by atoms with Gasteiger partial charge in [0.25, 0.3) is 0 Å². The summed E-state index contributed by atoms with van der Waals surface area (Å²) in [4.78, 5) is 12.5. The van der Waals surface area contributed by atoms with Gasteiger partial charge in [0.15, 0.2) is 0 Å². The predicted molar refractivity (Wildman–Crippen MR) is 85.9 cm³/mol. The molecule has 1 aliphatic rings. The second-order valence-corrected chi connectivity index (χ2v) is 5.29. The number of hydrogen-bond donors (Lipinski definition) is 2. The summed E-state index contributed by atoms with van der Waals surface area (Å²) in [5.74, 6) is 1.28. The van der Waals surface area contributed by atoms with Gasteiger partial charge in [-0.3, -0.25) is 5.41 Å². The lowest BCUT2D eigenvalue weighted by Crippen LogP contribution is -2.35. The van der Waals surface area contributed by atoms with E-state index in [9.17, 15) is 4.79 Å². The second-order valence-electron chi connectivity index (χ2n) is 4.48. The first-order valence-corrected chi connectivity index (χ1v) is 6.94. The molecule has 1 aromatic rings. The van der Waals surface area contributed by atoms with Crippen LogP contribution in [0.2, 0.25) is 5.02 Å². The zero-order valence-electron chi connectivity index (χ0n) is 11.5. The van der Waals surface area contributed by atoms with Gasteiger partial charge in [-0.25, -0.2) is 4.79 Å². The van der Waals surface area contributed by atoms with Gasteiger partial charge in [-0.05, 0) is 24.4 Å². The van der Waals surface area contributed by atoms with Crippen LogP contribution in [0.4, 0.5) is 0 Å². The van der Waals surface area contributed by atoms with E-state index in [-0.39, 0.29) is 0 Å². The zero-order valence-corrected chi connectivity index (χ0v) is 13.1. The molecule has 0 spiro atoms. The van der Waals surface area contributed by atoms with Crippen LogP contribution >= 0.6 is 23.8 Å². The number of rotatable bonds is 2. The minimum Gasteiger partial charge on any atom is -0.466 e. The van der Waals surface area contributed by atoms with E-state index in [0.29, 0.717) is 32.4 Å². The van der Waals surface area contributed by atoms with Gasteiger partial charge < -0.3 is 10.1 Å². The number of carbonyl (C=O) groups excluding carboxylic acids is 1. The normalized spacial score (nSPS) is 18.1. The van der Waals surface area contributed by atoms with Gasteiger partial charge in [0.2, 0.25) is 0 Å². The predicted octanol–water partition coefficient (Wildman–Crippen LogP) is 2.98. The summed E-state index contributed by atoms with van der Waals surface area (Å²) in [7, 11) is 1.31. The third-order valence-electron chi connectivity index (χ3n) is 3.28. The monoisotopic (exact) mass is 320 g/mol. The van der Waals surface area contributed by atoms with Crippen LogP contribution in [0.15, 0.2) is 41.1 Å². The summed E-state index contributed by atoms with van der Waals surface area (Å²) >= 11 is 11.5. The number of carbonyl (C=O) groups is 1. The van der Waals surface area contributed by atoms with Crippen molar-refractivity contribution in [3.05, 3.63) is 51.7 Å². The van der Waals surface area contributed by atoms with E-state index in [1.807, 2.05) is 6.07 Å². The molecule has 1 atom stereocenters. The van der Waals surface area contributed by atoms with E-state index in [2.05, 4.69) is 11.2 Å². The standard InChI is InChI=1S/C15H13ClN2O2S/c1-8-12(15(19)20-2)13(10(7-17)14(21)18-8)9-5-3-4-6-11(9)16/h3-6,13,17H,1-2H3,(H,18,21). The van der Waals surface area contributed by atoms with Gasteiger partial charge in [-0.2, -0.15) is 0 Å². The van der Waals surface area contributed by atoms with E-state index in [1.165, 1.54) is 7.11 Å². The lowest BCUT2D eigenvalue weighted by Gasteiger charge is -2.29. The molecule has 0 aliphatic carbocycles. The average molecular weight is 321 g/mol. The molecule has 108 valence electrons. The molecule has 21 heavy (non-hydrogen) atoms. The van der Waals surface area contributed by atoms with Crippen LogP contribution in [0.5, 0.6) is 0 Å². The Kier molecular flexibility index (Phi) is 4.58. The van der Waals surface area contributed by atoms with E-state index in [1.54, 1.807) is 25.1 Å². The van der Waals surface area contributed by atoms with Gasteiger partial charge >= 0.3 is 5.97 Å². The Labute approximate surface area is 133 Å². The minimum atomic E-state index is -0.558. The van der Waals surface area contributed by atoms with Crippen molar-refractivity contribution >= 4 is 40.6 Å². The van der Waals surface area contributed by atoms with Crippen molar-refractivity contribution in [2.24, 2.45) is 0 Å². The maximum absolute atomic E-state index is 12.1. The van der Waals surface area contributed by atoms with Crippen LogP contribution in [0.25, 0.3) is 0 Å². The summed E-state index contributed by atoms with van der Waals surface area (Å²) in [6, 6.07) is 7.15. The fourth-order valence-electron chi connectivity index (χ4n) is 2.33. The summed E-state index contributed by atoms with van der Waals surface area (Å²) < 4.78 is 4.85. The summed E-state index contributed by atoms with van der Waals surface area (Å²) in [6.45, 7) is 1.74. The Morgan fingerprint density at radius 3 is 2.71 bits per heavy atom. The fourth-order valence-corrected chi connectivity index (χ4v) is 2.89. The molecule has 1 aromatic carbocycles. The van der Waals surface area contributed by atoms with Crippen molar-refractivity contribution in [3.63, 3.8) is 0 Å². The van der Waals surface area contributed by atoms with E-state index >= 15 is 0 Å². The molecule has 1 heterocycles. The Morgan fingerprint density at radius 2 is 2.14 bits per heavy atom. The highest BCUT2D eigenvalue weighted by molar-refractivity contribution is 7.80. The molecule has 1 unspecified atom stereocenters. The molecule has 0 radical (unpaired) electrons. The molecule has 0 fully saturated rings. The lowest BCUT2D eigenvalue weighted by atomic mass is 9.81. The zero-order chi connectivity index (χ0) is 15.6. The number of thiocarbonyl (C=S) groups is 1. The van der Waals surface area contributed by atoms with Gasteiger partial charge in [-0.1, -0.05) is 42.0 Å². The SMILES string of the molecule is COC(=O)C1=C(C)NC(=S)C(=C=N)C1c1ccccc1Cl. The van der Waals surface area contributed by atoms with Crippen LogP contribution in [0, 0.1) is 5.41 Å². The topological polar surface area (TPSA) is 62.2 Å². The molecule has 1 aliphatic heterocycles. The number of nitrogens with one attached hydrogen (secondary N) is 2. The van der Waals surface area contributed by atoms with Crippen molar-refractivity contribution in [1.82, 2.24) is 5.32 Å². The van der Waals surface area contributed by atoms with Crippen molar-refractivity contribution in [1.29, 1.82) is 5.41 Å². The smallest absolute Gasteiger partial charge is 0.336 e. The van der Waals surface area contributed by atoms with Gasteiger partial charge in [0.05, 0.1) is 24.2 Å². The number of halogens is 1. The summed E-state index contributed by atoms with van der Waals surface area (Å²) in [5, 5.41) is 10.9. The van der Waals surface area contributed by atoms with Gasteiger partial charge in [0, 0.05) is 10.7 Å². The van der Waals surface area contributed by atoms with Crippen LogP contribution in [-0.4, -0.2) is 23.9 Å². The molecule has 0 aromatic heterocycles. The Morgan fingerprint density at radius 1 is 1.48 bits per heavy atom. The molecule has 0 saturated carbocycles. The Hall–Kier alpha value is -1.94. The molecule has 0 saturated heterocycles. The molecular formula is C15H13ClN2O2S. The van der Waals surface area contributed by atoms with Crippen LogP contribution < -0.4 is 5.32 Å². The fraction of sp³-hybridized carbons (Fsp3) is 0.200. The number of ether oxygens (including phenoxy) is 1. The highest BCUT2D eigenvalue weighted by Gasteiger charge is 2.36. The van der Waals surface area contributed by atoms with Crippen molar-refractivity contribution in [2.45, 2.75) is 12.8 Å². The highest BCUT2D eigenvalue weighted by atomic mass is 35.5. The van der Waals surface area contributed by atoms with Crippen LogP contribution in [-0.2, 0) is 9.53 Å². The Bertz CT molecular complexity index is 705. The number of benzene rings is 1. The van der Waals surface area contributed by atoms with Crippen molar-refractivity contribution in [3.8, 4) is 0 Å².